The number of pyridine rings is 1. The van der Waals surface area contributed by atoms with E-state index >= 15 is 0 Å². The lowest BCUT2D eigenvalue weighted by Crippen LogP contribution is -2.02. The molecule has 0 saturated carbocycles. The molecule has 0 aliphatic carbocycles. The average Bonchev–Trinajstić information content (AvgIpc) is 3.79. The minimum atomic E-state index is 0.939. The van der Waals surface area contributed by atoms with Crippen LogP contribution in [0.15, 0.2) is 182 Å². The van der Waals surface area contributed by atoms with Gasteiger partial charge in [-0.15, -0.1) is 11.3 Å². The Morgan fingerprint density at radius 2 is 0.946 bits per heavy atom. The molecule has 0 unspecified atom stereocenters. The Balaban J connectivity index is 1.24. The second-order valence-corrected chi connectivity index (χ2v) is 16.1. The van der Waals surface area contributed by atoms with Gasteiger partial charge in [0.25, 0.3) is 0 Å². The maximum absolute atomic E-state index is 5.78. The highest BCUT2D eigenvalue weighted by Crippen LogP contribution is 2.46. The molecule has 3 heterocycles. The van der Waals surface area contributed by atoms with E-state index in [-0.39, 0.29) is 0 Å². The molecule has 2 nitrogen and oxygen atoms in total. The number of hydrogen-bond acceptors (Lipinski definition) is 2. The number of rotatable bonds is 2. The summed E-state index contributed by atoms with van der Waals surface area (Å²) in [6, 6.07) is 67.3. The Hall–Kier alpha value is -7.07. The standard InChI is InChI=1S/C53H30N2S/c1-2-13-33-29-47-45(27-32(33)12-1)51-46(26-25-43-39-17-6-5-15-37(39)38-16-7-8-19-42(38)50(43)51)55(47)53-44(28-35-22-21-31-11-3-4-14-36(31)52(35)54-53)34-23-24-41-40-18-9-10-20-48(40)56-49(41)30-34/h1-30H. The van der Waals surface area contributed by atoms with Gasteiger partial charge in [0.15, 0.2) is 0 Å². The van der Waals surface area contributed by atoms with Gasteiger partial charge in [-0.1, -0.05) is 146 Å². The van der Waals surface area contributed by atoms with Crippen molar-refractivity contribution in [3.63, 3.8) is 0 Å². The molecule has 0 aliphatic heterocycles. The van der Waals surface area contributed by atoms with Crippen LogP contribution in [0.25, 0.3) is 124 Å². The fourth-order valence-corrected chi connectivity index (χ4v) is 10.7. The van der Waals surface area contributed by atoms with Crippen LogP contribution in [0.2, 0.25) is 0 Å². The third-order valence-corrected chi connectivity index (χ3v) is 13.2. The van der Waals surface area contributed by atoms with Gasteiger partial charge in [-0.3, -0.25) is 4.57 Å². The van der Waals surface area contributed by atoms with Crippen LogP contribution in [0.5, 0.6) is 0 Å². The van der Waals surface area contributed by atoms with Crippen LogP contribution in [0.1, 0.15) is 0 Å². The van der Waals surface area contributed by atoms with Gasteiger partial charge < -0.3 is 0 Å². The molecule has 0 amide bonds. The number of benzene rings is 10. The number of nitrogens with zero attached hydrogens (tertiary/aromatic N) is 2. The summed E-state index contributed by atoms with van der Waals surface area (Å²) in [5.74, 6) is 0.939. The quantitative estimate of drug-likeness (QED) is 0.162. The van der Waals surface area contributed by atoms with Crippen LogP contribution in [0.3, 0.4) is 0 Å². The van der Waals surface area contributed by atoms with Crippen molar-refractivity contribution in [2.75, 3.05) is 0 Å². The third-order valence-electron chi connectivity index (χ3n) is 12.1. The van der Waals surface area contributed by atoms with Crippen LogP contribution in [0.4, 0.5) is 0 Å². The zero-order valence-corrected chi connectivity index (χ0v) is 30.9. The maximum Gasteiger partial charge on any atom is 0.146 e. The SMILES string of the molecule is c1ccc2cc3c(cc2c1)c1c2c4ccccc4c4ccccc4c2ccc1n3-c1nc2c(ccc3ccccc32)cc1-c1ccc2c(c1)sc1ccccc12. The first kappa shape index (κ1) is 30.3. The summed E-state index contributed by atoms with van der Waals surface area (Å²) in [4.78, 5) is 5.78. The molecule has 13 aromatic rings. The minimum absolute atomic E-state index is 0.939. The van der Waals surface area contributed by atoms with Crippen molar-refractivity contribution in [1.29, 1.82) is 0 Å². The Bertz CT molecular complexity index is 3790. The lowest BCUT2D eigenvalue weighted by molar-refractivity contribution is 1.11. The summed E-state index contributed by atoms with van der Waals surface area (Å²) in [5, 5.41) is 18.7. The van der Waals surface area contributed by atoms with Crippen LogP contribution in [-0.2, 0) is 0 Å². The molecule has 0 atom stereocenters. The molecule has 3 heteroatoms. The van der Waals surface area contributed by atoms with Gasteiger partial charge in [0.1, 0.15) is 5.82 Å². The largest absolute Gasteiger partial charge is 0.293 e. The molecule has 0 radical (unpaired) electrons. The Morgan fingerprint density at radius 1 is 0.357 bits per heavy atom. The Kier molecular flexibility index (Phi) is 6.07. The molecule has 0 fully saturated rings. The van der Waals surface area contributed by atoms with Crippen molar-refractivity contribution in [3.8, 4) is 16.9 Å². The predicted molar refractivity (Wildman–Crippen MR) is 242 cm³/mol. The van der Waals surface area contributed by atoms with Crippen molar-refractivity contribution in [2.24, 2.45) is 0 Å². The van der Waals surface area contributed by atoms with E-state index in [2.05, 4.69) is 187 Å². The normalized spacial score (nSPS) is 12.3. The van der Waals surface area contributed by atoms with E-state index in [1.807, 2.05) is 11.3 Å². The van der Waals surface area contributed by atoms with E-state index in [9.17, 15) is 0 Å². The Morgan fingerprint density at radius 3 is 1.75 bits per heavy atom. The Labute approximate surface area is 325 Å². The van der Waals surface area contributed by atoms with Gasteiger partial charge in [0.2, 0.25) is 0 Å². The first-order chi connectivity index (χ1) is 27.8. The van der Waals surface area contributed by atoms with Gasteiger partial charge in [0, 0.05) is 52.7 Å². The predicted octanol–water partition coefficient (Wildman–Crippen LogP) is 15.1. The van der Waals surface area contributed by atoms with Crippen LogP contribution in [0, 0.1) is 0 Å². The van der Waals surface area contributed by atoms with E-state index in [1.54, 1.807) is 0 Å². The lowest BCUT2D eigenvalue weighted by Gasteiger charge is -2.16. The van der Waals surface area contributed by atoms with E-state index in [0.717, 1.165) is 44.3 Å². The zero-order valence-electron chi connectivity index (χ0n) is 30.1. The van der Waals surface area contributed by atoms with Crippen molar-refractivity contribution in [2.45, 2.75) is 0 Å². The topological polar surface area (TPSA) is 17.8 Å². The molecule has 0 aliphatic rings. The van der Waals surface area contributed by atoms with Crippen molar-refractivity contribution >= 4 is 118 Å². The first-order valence-corrected chi connectivity index (χ1v) is 20.0. The van der Waals surface area contributed by atoms with E-state index in [4.69, 9.17) is 4.98 Å². The minimum Gasteiger partial charge on any atom is -0.293 e. The average molecular weight is 727 g/mol. The van der Waals surface area contributed by atoms with Gasteiger partial charge in [-0.2, -0.15) is 0 Å². The highest BCUT2D eigenvalue weighted by molar-refractivity contribution is 7.25. The first-order valence-electron chi connectivity index (χ1n) is 19.2. The smallest absolute Gasteiger partial charge is 0.146 e. The summed E-state index contributed by atoms with van der Waals surface area (Å²) in [5.41, 5.74) is 5.59. The van der Waals surface area contributed by atoms with Gasteiger partial charge in [0.05, 0.1) is 16.6 Å². The van der Waals surface area contributed by atoms with Crippen molar-refractivity contribution in [3.05, 3.63) is 182 Å². The molecule has 13 rings (SSSR count). The molecular formula is C53H30N2S. The molecule has 10 aromatic carbocycles. The maximum atomic E-state index is 5.78. The van der Waals surface area contributed by atoms with Gasteiger partial charge in [-0.05, 0) is 85.1 Å². The van der Waals surface area contributed by atoms with E-state index < -0.39 is 0 Å². The van der Waals surface area contributed by atoms with E-state index in [1.165, 1.54) is 79.4 Å². The highest BCUT2D eigenvalue weighted by atomic mass is 32.1. The monoisotopic (exact) mass is 726 g/mol. The molecule has 0 bridgehead atoms. The van der Waals surface area contributed by atoms with Gasteiger partial charge in [-0.25, -0.2) is 4.98 Å². The molecular weight excluding hydrogens is 697 g/mol. The molecule has 56 heavy (non-hydrogen) atoms. The molecule has 258 valence electrons. The lowest BCUT2D eigenvalue weighted by atomic mass is 9.91. The fourth-order valence-electron chi connectivity index (χ4n) is 9.59. The van der Waals surface area contributed by atoms with Crippen LogP contribution < -0.4 is 0 Å². The number of thiophene rings is 1. The highest BCUT2D eigenvalue weighted by Gasteiger charge is 2.23. The van der Waals surface area contributed by atoms with E-state index in [0.29, 0.717) is 0 Å². The molecule has 0 saturated heterocycles. The number of hydrogen-bond donors (Lipinski definition) is 0. The second kappa shape index (κ2) is 11.2. The third kappa shape index (κ3) is 4.12. The summed E-state index contributed by atoms with van der Waals surface area (Å²) < 4.78 is 5.06. The second-order valence-electron chi connectivity index (χ2n) is 15.1. The number of fused-ring (bicyclic) bond motifs is 17. The van der Waals surface area contributed by atoms with Crippen molar-refractivity contribution < 1.29 is 0 Å². The zero-order chi connectivity index (χ0) is 36.5. The van der Waals surface area contributed by atoms with Crippen LogP contribution >= 0.6 is 11.3 Å². The molecule has 3 aromatic heterocycles. The molecule has 0 N–H and O–H groups in total. The molecule has 0 spiro atoms. The summed E-state index contributed by atoms with van der Waals surface area (Å²) >= 11 is 1.86. The summed E-state index contributed by atoms with van der Waals surface area (Å²) in [6.45, 7) is 0. The summed E-state index contributed by atoms with van der Waals surface area (Å²) in [6.07, 6.45) is 0. The number of aromatic nitrogens is 2. The van der Waals surface area contributed by atoms with Crippen LogP contribution in [-0.4, -0.2) is 9.55 Å². The van der Waals surface area contributed by atoms with Gasteiger partial charge >= 0.3 is 0 Å². The summed E-state index contributed by atoms with van der Waals surface area (Å²) in [7, 11) is 0. The van der Waals surface area contributed by atoms with Crippen molar-refractivity contribution in [1.82, 2.24) is 9.55 Å². The fraction of sp³-hybridized carbons (Fsp3) is 0.